The van der Waals surface area contributed by atoms with Crippen molar-refractivity contribution < 1.29 is 63.4 Å². The molecular formula is C59H84O13. The number of carbonyl (C=O) groups is 6. The lowest BCUT2D eigenvalue weighted by Crippen LogP contribution is -2.66. The first-order valence-corrected chi connectivity index (χ1v) is 27.6. The zero-order chi connectivity index (χ0) is 52.6. The van der Waals surface area contributed by atoms with Gasteiger partial charge in [0.25, 0.3) is 0 Å². The molecule has 0 aromatic rings. The summed E-state index contributed by atoms with van der Waals surface area (Å²) in [7, 11) is 0. The third-order valence-corrected chi connectivity index (χ3v) is 23.2. The highest BCUT2D eigenvalue weighted by Crippen LogP contribution is 2.76. The van der Waals surface area contributed by atoms with E-state index in [1.54, 1.807) is 12.2 Å². The van der Waals surface area contributed by atoms with Crippen molar-refractivity contribution in [3.8, 4) is 0 Å². The first kappa shape index (κ1) is 53.3. The monoisotopic (exact) mass is 1000 g/mol. The van der Waals surface area contributed by atoms with E-state index in [1.807, 2.05) is 19.1 Å². The number of hydrogen-bond acceptors (Lipinski definition) is 11. The maximum absolute atomic E-state index is 14.5. The van der Waals surface area contributed by atoms with E-state index < -0.39 is 59.4 Å². The minimum absolute atomic E-state index is 0.0125. The Hall–Kier alpha value is -3.52. The van der Waals surface area contributed by atoms with Gasteiger partial charge in [0.1, 0.15) is 12.7 Å². The van der Waals surface area contributed by atoms with Crippen molar-refractivity contribution in [3.63, 3.8) is 0 Å². The summed E-state index contributed by atoms with van der Waals surface area (Å²) >= 11 is 0. The molecule has 18 atom stereocenters. The molecular weight excluding hydrogens is 917 g/mol. The number of aliphatic hydroxyl groups excluding tert-OH is 2. The summed E-state index contributed by atoms with van der Waals surface area (Å²) in [4.78, 5) is 75.5. The quantitative estimate of drug-likeness (QED) is 0.159. The Labute approximate surface area is 426 Å². The molecule has 7 saturated carbocycles. The Morgan fingerprint density at radius 1 is 0.833 bits per heavy atom. The number of rotatable bonds is 9. The van der Waals surface area contributed by atoms with Crippen molar-refractivity contribution in [2.45, 2.75) is 209 Å². The number of carboxylic acids is 2. The maximum Gasteiger partial charge on any atom is 0.309 e. The summed E-state index contributed by atoms with van der Waals surface area (Å²) in [6.45, 7) is 21.2. The number of allylic oxidation sites excluding steroid dienone is 6. The molecule has 4 N–H and O–H groups in total. The highest BCUT2D eigenvalue weighted by atomic mass is 16.7. The van der Waals surface area contributed by atoms with Crippen molar-refractivity contribution in [3.05, 3.63) is 35.5 Å². The Bertz CT molecular complexity index is 2380. The van der Waals surface area contributed by atoms with Crippen LogP contribution >= 0.6 is 0 Å². The van der Waals surface area contributed by atoms with Crippen LogP contribution in [-0.4, -0.2) is 92.5 Å². The van der Waals surface area contributed by atoms with Crippen LogP contribution in [0.15, 0.2) is 35.5 Å². The second-order valence-corrected chi connectivity index (χ2v) is 27.0. The summed E-state index contributed by atoms with van der Waals surface area (Å²) in [5.41, 5.74) is -1.60. The van der Waals surface area contributed by atoms with Crippen molar-refractivity contribution in [2.75, 3.05) is 6.61 Å². The van der Waals surface area contributed by atoms with E-state index in [4.69, 9.17) is 19.3 Å². The van der Waals surface area contributed by atoms with Gasteiger partial charge < -0.3 is 34.6 Å². The number of esters is 1. The van der Waals surface area contributed by atoms with Crippen LogP contribution in [0.1, 0.15) is 178 Å². The molecule has 13 heteroatoms. The lowest BCUT2D eigenvalue weighted by Gasteiger charge is -2.70. The van der Waals surface area contributed by atoms with Gasteiger partial charge >= 0.3 is 17.9 Å². The number of ether oxygens (including phenoxy) is 3. The van der Waals surface area contributed by atoms with Gasteiger partial charge in [0, 0.05) is 28.1 Å². The van der Waals surface area contributed by atoms with Crippen LogP contribution in [-0.2, 0) is 43.0 Å². The first-order valence-electron chi connectivity index (χ1n) is 27.6. The minimum Gasteiger partial charge on any atom is -0.481 e. The smallest absolute Gasteiger partial charge is 0.309 e. The van der Waals surface area contributed by atoms with Crippen molar-refractivity contribution >= 4 is 35.3 Å². The molecule has 0 bridgehead atoms. The molecule has 1 aliphatic heterocycles. The molecule has 0 unspecified atom stereocenters. The number of Topliss-reactive ketones (excluding diaryl/α,β-unsaturated/α-hetero) is 1. The average molecular weight is 1000 g/mol. The molecule has 0 spiro atoms. The number of carbonyl (C=O) groups excluding carboxylic acids is 4. The molecule has 1 saturated heterocycles. The van der Waals surface area contributed by atoms with Crippen molar-refractivity contribution in [2.24, 2.45) is 78.8 Å². The lowest BCUT2D eigenvalue weighted by atomic mass is 9.33. The molecule has 0 amide bonds. The second-order valence-electron chi connectivity index (χ2n) is 27.0. The molecule has 10 rings (SSSR count). The van der Waals surface area contributed by atoms with Gasteiger partial charge in [-0.05, 0) is 160 Å². The molecule has 0 radical (unpaired) electrons. The predicted octanol–water partition coefficient (Wildman–Crippen LogP) is 9.55. The third-order valence-electron chi connectivity index (χ3n) is 23.2. The van der Waals surface area contributed by atoms with Crippen molar-refractivity contribution in [1.82, 2.24) is 0 Å². The number of aliphatic carboxylic acids is 2. The number of aliphatic hydroxyl groups is 2. The van der Waals surface area contributed by atoms with Gasteiger partial charge in [-0.1, -0.05) is 86.0 Å². The Morgan fingerprint density at radius 3 is 2.21 bits per heavy atom. The van der Waals surface area contributed by atoms with E-state index in [-0.39, 0.29) is 104 Å². The van der Waals surface area contributed by atoms with E-state index in [0.29, 0.717) is 38.5 Å². The predicted molar refractivity (Wildman–Crippen MR) is 267 cm³/mol. The normalized spacial score (nSPS) is 48.2. The Balaban J connectivity index is 0.000000184. The highest BCUT2D eigenvalue weighted by Gasteiger charge is 2.76. The third kappa shape index (κ3) is 7.54. The van der Waals surface area contributed by atoms with Crippen molar-refractivity contribution in [1.29, 1.82) is 0 Å². The molecule has 8 fully saturated rings. The van der Waals surface area contributed by atoms with Gasteiger partial charge in [-0.3, -0.25) is 28.8 Å². The maximum atomic E-state index is 14.5. The number of hydrogen-bond donors (Lipinski definition) is 4. The Kier molecular flexibility index (Phi) is 13.2. The first-order chi connectivity index (χ1) is 33.5. The van der Waals surface area contributed by atoms with Gasteiger partial charge in [-0.15, -0.1) is 0 Å². The van der Waals surface area contributed by atoms with Gasteiger partial charge in [0.2, 0.25) is 0 Å². The molecule has 72 heavy (non-hydrogen) atoms. The fraction of sp³-hybridized carbons (Fsp3) is 0.797. The standard InChI is InChI=1S/C34H50O7.C25H34O6/c1-29(2)23-10-13-34(7)27(32(23,5)12-11-24(29)41-26(38)9-8-25(36)37)22(35)18-20-21-19-31(4,28(39)40)15-14-30(21,3)16-17-33(20,34)6;1-4-5-21-30-20-11-17-16-7-6-14-10-15(27)8-9-23(14,2)22(16)18(28)12-24(17,3)25(20,31-21)19(29)13-26/h18,21,23-24,27H,8-17,19H2,1-7H3,(H,36,37)(H,39,40);8-10,16-18,20-22,26,28H,4-7,11-13H2,1-3H3/t21-,23-,24-,27+,30+,31-,32-,33+,34+;16-,17-,18-,20+,21+,22+,23-,24-,25+/m00/s1. The largest absolute Gasteiger partial charge is 0.481 e. The van der Waals surface area contributed by atoms with Crippen LogP contribution in [0.3, 0.4) is 0 Å². The molecule has 0 aromatic carbocycles. The van der Waals surface area contributed by atoms with Crippen LogP contribution in [0, 0.1) is 78.8 Å². The van der Waals surface area contributed by atoms with E-state index in [1.165, 1.54) is 5.57 Å². The molecule has 398 valence electrons. The van der Waals surface area contributed by atoms with E-state index in [0.717, 1.165) is 63.4 Å². The number of fused-ring (bicyclic) bond motifs is 14. The molecule has 10 aliphatic rings. The van der Waals surface area contributed by atoms with Crippen LogP contribution in [0.4, 0.5) is 0 Å². The summed E-state index contributed by atoms with van der Waals surface area (Å²) in [5, 5.41) is 40.5. The summed E-state index contributed by atoms with van der Waals surface area (Å²) < 4.78 is 18.6. The Morgan fingerprint density at radius 2 is 1.54 bits per heavy atom. The molecule has 1 heterocycles. The van der Waals surface area contributed by atoms with Crippen LogP contribution in [0.25, 0.3) is 0 Å². The number of ketones is 3. The fourth-order valence-electron chi connectivity index (χ4n) is 19.1. The SMILES string of the molecule is CC1(C)[C@@H](OC(=O)CCC(=O)O)CC[C@]2(C)[C@H]3C(=O)C=C4[C@@H]5C[C@@](C)(C(=O)O)CC[C@]5(C)CC[C@@]4(C)[C@]3(C)CC[C@@H]12.CCC[C@@H]1O[C@@H]2C[C@H]3[C@@H]4CCC5=CC(=O)C=C[C@]5(C)[C@H]4[C@@H](O)C[C@]3(C)[C@]2(C(=O)CO)O1. The lowest BCUT2D eigenvalue weighted by molar-refractivity contribution is -0.211. The topological polar surface area (TPSA) is 211 Å². The van der Waals surface area contributed by atoms with E-state index in [9.17, 15) is 44.1 Å². The van der Waals surface area contributed by atoms with Gasteiger partial charge in [0.15, 0.2) is 29.2 Å². The second kappa shape index (κ2) is 17.8. The summed E-state index contributed by atoms with van der Waals surface area (Å²) in [6.07, 6.45) is 17.1. The van der Waals surface area contributed by atoms with E-state index >= 15 is 0 Å². The van der Waals surface area contributed by atoms with Crippen LogP contribution < -0.4 is 0 Å². The highest BCUT2D eigenvalue weighted by molar-refractivity contribution is 6.01. The minimum atomic E-state index is -1.20. The zero-order valence-corrected chi connectivity index (χ0v) is 44.8. The summed E-state index contributed by atoms with van der Waals surface area (Å²) in [5.74, 6) is -1.84. The summed E-state index contributed by atoms with van der Waals surface area (Å²) in [6, 6.07) is 0. The van der Waals surface area contributed by atoms with Gasteiger partial charge in [-0.25, -0.2) is 0 Å². The zero-order valence-electron chi connectivity index (χ0n) is 44.8. The molecule has 9 aliphatic carbocycles. The van der Waals surface area contributed by atoms with Gasteiger partial charge in [0.05, 0.1) is 30.5 Å². The van der Waals surface area contributed by atoms with Crippen LogP contribution in [0.2, 0.25) is 0 Å². The molecule has 13 nitrogen and oxygen atoms in total. The fourth-order valence-corrected chi connectivity index (χ4v) is 19.1. The average Bonchev–Trinajstić information content (AvgIpc) is 3.79. The number of carboxylic acid groups (broad SMARTS) is 2. The molecule has 0 aromatic heterocycles. The van der Waals surface area contributed by atoms with Crippen LogP contribution in [0.5, 0.6) is 0 Å². The van der Waals surface area contributed by atoms with E-state index in [2.05, 4.69) is 62.3 Å². The van der Waals surface area contributed by atoms with Gasteiger partial charge in [-0.2, -0.15) is 0 Å².